The molecule has 0 fully saturated rings. The zero-order valence-electron chi connectivity index (χ0n) is 7.07. The topological polar surface area (TPSA) is 0 Å². The van der Waals surface area contributed by atoms with Gasteiger partial charge in [-0.1, -0.05) is 53.9 Å². The average molecular weight is 235 g/mol. The minimum Gasteiger partial charge on any atom is -0.102 e. The van der Waals surface area contributed by atoms with Crippen LogP contribution in [-0.4, -0.2) is 0 Å². The molecule has 0 bridgehead atoms. The van der Waals surface area contributed by atoms with Crippen LogP contribution in [0.4, 0.5) is 0 Å². The van der Waals surface area contributed by atoms with Crippen LogP contribution in [0, 0.1) is 5.92 Å². The second-order valence-corrected chi connectivity index (χ2v) is 3.77. The molecule has 0 aromatic heterocycles. The molecule has 0 heterocycles. The first kappa shape index (κ1) is 10.9. The summed E-state index contributed by atoms with van der Waals surface area (Å²) in [6.45, 7) is 5.57. The van der Waals surface area contributed by atoms with E-state index < -0.39 is 0 Å². The summed E-state index contributed by atoms with van der Waals surface area (Å²) in [5, 5.41) is 1.33. The van der Waals surface area contributed by atoms with Crippen LogP contribution in [0.2, 0.25) is 15.1 Å². The minimum atomic E-state index is 0.391. The minimum absolute atomic E-state index is 0.391. The van der Waals surface area contributed by atoms with E-state index in [1.165, 1.54) is 0 Å². The van der Waals surface area contributed by atoms with E-state index in [1.807, 2.05) is 13.0 Å². The molecule has 1 rings (SSSR count). The first-order valence-corrected chi connectivity index (χ1v) is 4.81. The molecule has 69 valence electrons. The highest BCUT2D eigenvalue weighted by Crippen LogP contribution is 2.35. The Labute approximate surface area is 93.1 Å². The molecule has 1 aromatic carbocycles. The Balaban J connectivity index is 3.25. The van der Waals surface area contributed by atoms with Crippen molar-refractivity contribution in [1.29, 1.82) is 0 Å². The Morgan fingerprint density at radius 1 is 1.23 bits per heavy atom. The van der Waals surface area contributed by atoms with Crippen LogP contribution in [0.25, 0.3) is 0 Å². The number of benzene rings is 1. The molecular weight excluding hydrogens is 226 g/mol. The van der Waals surface area contributed by atoms with Gasteiger partial charge < -0.3 is 0 Å². The van der Waals surface area contributed by atoms with Gasteiger partial charge in [0.15, 0.2) is 0 Å². The Morgan fingerprint density at radius 2 is 1.85 bits per heavy atom. The number of hydrogen-bond acceptors (Lipinski definition) is 0. The van der Waals surface area contributed by atoms with E-state index in [2.05, 4.69) is 6.58 Å². The monoisotopic (exact) mass is 233 g/mol. The molecule has 0 amide bonds. The zero-order chi connectivity index (χ0) is 10.0. The fraction of sp³-hybridized carbons (Fsp3) is 0.100. The van der Waals surface area contributed by atoms with Gasteiger partial charge >= 0.3 is 0 Å². The van der Waals surface area contributed by atoms with Gasteiger partial charge in [0.05, 0.1) is 15.1 Å². The van der Waals surface area contributed by atoms with Crippen molar-refractivity contribution in [3.63, 3.8) is 0 Å². The third-order valence-corrected chi connectivity index (χ3v) is 3.06. The van der Waals surface area contributed by atoms with Crippen molar-refractivity contribution >= 4 is 34.8 Å². The van der Waals surface area contributed by atoms with Gasteiger partial charge in [0.2, 0.25) is 0 Å². The SMILES string of the molecule is C=C[C](C)c1ccc(Cl)c(Cl)c1Cl. The quantitative estimate of drug-likeness (QED) is 0.646. The summed E-state index contributed by atoms with van der Waals surface area (Å²) in [4.78, 5) is 0. The summed E-state index contributed by atoms with van der Waals surface area (Å²) in [7, 11) is 0. The fourth-order valence-corrected chi connectivity index (χ4v) is 1.62. The maximum Gasteiger partial charge on any atom is 0.0781 e. The lowest BCUT2D eigenvalue weighted by molar-refractivity contribution is 1.26. The molecule has 0 atom stereocenters. The first-order valence-electron chi connectivity index (χ1n) is 3.67. The van der Waals surface area contributed by atoms with Crippen LogP contribution in [0.3, 0.4) is 0 Å². The van der Waals surface area contributed by atoms with Crippen molar-refractivity contribution in [1.82, 2.24) is 0 Å². The molecule has 0 unspecified atom stereocenters. The van der Waals surface area contributed by atoms with Gasteiger partial charge in [-0.2, -0.15) is 0 Å². The molecule has 0 aliphatic carbocycles. The van der Waals surface area contributed by atoms with E-state index in [9.17, 15) is 0 Å². The summed E-state index contributed by atoms with van der Waals surface area (Å²) >= 11 is 17.6. The maximum absolute atomic E-state index is 5.99. The van der Waals surface area contributed by atoms with Crippen molar-refractivity contribution in [3.05, 3.63) is 51.3 Å². The normalized spacial score (nSPS) is 10.5. The molecule has 3 heteroatoms. The van der Waals surface area contributed by atoms with Crippen LogP contribution in [-0.2, 0) is 0 Å². The second-order valence-electron chi connectivity index (χ2n) is 2.61. The van der Waals surface area contributed by atoms with Gasteiger partial charge in [-0.3, -0.25) is 0 Å². The van der Waals surface area contributed by atoms with Crippen molar-refractivity contribution < 1.29 is 0 Å². The predicted octanol–water partition coefficient (Wildman–Crippen LogP) is 4.78. The van der Waals surface area contributed by atoms with E-state index in [-0.39, 0.29) is 0 Å². The number of allylic oxidation sites excluding steroid dienone is 1. The zero-order valence-corrected chi connectivity index (χ0v) is 9.34. The summed E-state index contributed by atoms with van der Waals surface area (Å²) in [6, 6.07) is 3.55. The van der Waals surface area contributed by atoms with E-state index in [0.717, 1.165) is 11.5 Å². The number of halogens is 3. The highest BCUT2D eigenvalue weighted by molar-refractivity contribution is 6.48. The van der Waals surface area contributed by atoms with Crippen molar-refractivity contribution in [2.45, 2.75) is 6.92 Å². The standard InChI is InChI=1S/C10H8Cl3/c1-3-6(2)7-4-5-8(11)10(13)9(7)12/h3-5H,1H2,2H3. The highest BCUT2D eigenvalue weighted by atomic mass is 35.5. The van der Waals surface area contributed by atoms with Crippen molar-refractivity contribution in [2.75, 3.05) is 0 Å². The molecule has 1 radical (unpaired) electrons. The van der Waals surface area contributed by atoms with Crippen molar-refractivity contribution in [2.24, 2.45) is 0 Å². The molecule has 13 heavy (non-hydrogen) atoms. The van der Waals surface area contributed by atoms with Crippen LogP contribution in [0.15, 0.2) is 24.8 Å². The lowest BCUT2D eigenvalue weighted by atomic mass is 10.0. The summed E-state index contributed by atoms with van der Waals surface area (Å²) in [5.74, 6) is 0.976. The predicted molar refractivity (Wildman–Crippen MR) is 59.7 cm³/mol. The van der Waals surface area contributed by atoms with Gasteiger partial charge in [-0.25, -0.2) is 0 Å². The third kappa shape index (κ3) is 2.19. The third-order valence-electron chi connectivity index (χ3n) is 1.77. The largest absolute Gasteiger partial charge is 0.102 e. The average Bonchev–Trinajstić information content (AvgIpc) is 2.13. The lowest BCUT2D eigenvalue weighted by Crippen LogP contribution is -1.91. The van der Waals surface area contributed by atoms with E-state index in [1.54, 1.807) is 12.1 Å². The Morgan fingerprint density at radius 3 is 2.38 bits per heavy atom. The summed E-state index contributed by atoms with van der Waals surface area (Å²) < 4.78 is 0. The molecule has 0 aliphatic heterocycles. The fourth-order valence-electron chi connectivity index (χ4n) is 0.940. The molecule has 0 saturated heterocycles. The van der Waals surface area contributed by atoms with Crippen LogP contribution in [0.5, 0.6) is 0 Å². The van der Waals surface area contributed by atoms with Crippen molar-refractivity contribution in [3.8, 4) is 0 Å². The Kier molecular flexibility index (Phi) is 3.66. The van der Waals surface area contributed by atoms with Gasteiger partial charge in [0.1, 0.15) is 0 Å². The lowest BCUT2D eigenvalue weighted by Gasteiger charge is -2.09. The number of hydrogen-bond donors (Lipinski definition) is 0. The molecule has 0 nitrogen and oxygen atoms in total. The van der Waals surface area contributed by atoms with Gasteiger partial charge in [0.25, 0.3) is 0 Å². The first-order chi connectivity index (χ1) is 6.07. The van der Waals surface area contributed by atoms with E-state index >= 15 is 0 Å². The van der Waals surface area contributed by atoms with Gasteiger partial charge in [-0.15, -0.1) is 6.58 Å². The number of rotatable bonds is 2. The van der Waals surface area contributed by atoms with Crippen LogP contribution in [0.1, 0.15) is 12.5 Å². The molecular formula is C10H8Cl3. The Bertz CT molecular complexity index is 331. The van der Waals surface area contributed by atoms with E-state index in [4.69, 9.17) is 34.8 Å². The smallest absolute Gasteiger partial charge is 0.0781 e. The Hall–Kier alpha value is -0.170. The highest BCUT2D eigenvalue weighted by Gasteiger charge is 2.12. The summed E-state index contributed by atoms with van der Waals surface area (Å²) in [5.41, 5.74) is 0.867. The molecule has 1 aromatic rings. The molecule has 0 saturated carbocycles. The van der Waals surface area contributed by atoms with Crippen LogP contribution >= 0.6 is 34.8 Å². The second kappa shape index (κ2) is 4.36. The van der Waals surface area contributed by atoms with Gasteiger partial charge in [0, 0.05) is 5.92 Å². The van der Waals surface area contributed by atoms with Crippen LogP contribution < -0.4 is 0 Å². The van der Waals surface area contributed by atoms with E-state index in [0.29, 0.717) is 15.1 Å². The molecule has 0 aliphatic rings. The molecule has 0 spiro atoms. The summed E-state index contributed by atoms with van der Waals surface area (Å²) in [6.07, 6.45) is 1.73. The maximum atomic E-state index is 5.99. The molecule has 0 N–H and O–H groups in total. The van der Waals surface area contributed by atoms with Gasteiger partial charge in [-0.05, 0) is 11.6 Å².